The van der Waals surface area contributed by atoms with Crippen molar-refractivity contribution in [2.24, 2.45) is 0 Å². The number of benzene rings is 2. The molecule has 1 N–H and O–H groups in total. The first kappa shape index (κ1) is 21.4. The number of hydrogen-bond donors (Lipinski definition) is 1. The van der Waals surface area contributed by atoms with Crippen molar-refractivity contribution < 1.29 is 13.0 Å². The van der Waals surface area contributed by atoms with Gasteiger partial charge in [0.05, 0.1) is 16.5 Å². The van der Waals surface area contributed by atoms with Gasteiger partial charge in [-0.3, -0.25) is 0 Å². The Bertz CT molecular complexity index is 1180. The number of rotatable bonds is 4. The number of aromatic nitrogens is 1. The van der Waals surface area contributed by atoms with Gasteiger partial charge in [-0.05, 0) is 65.2 Å². The molecule has 7 heteroatoms. The molecule has 1 heterocycles. The Morgan fingerprint density at radius 2 is 1.77 bits per heavy atom. The zero-order chi connectivity index (χ0) is 21.7. The summed E-state index contributed by atoms with van der Waals surface area (Å²) in [4.78, 5) is 0.282. The standard InChI is InChI=1S/C23H28N2O3S2/c1-16-12-14-17(15-13-16)30(27,28)25-20-10-6-5-8-18(20)22-19(9-7-11-21(22)25)24-29(26)23(2,3)4/h5-6,8,10,12-15,19,24H,7,9,11H2,1-4H3/t19-,29+/m0/s1. The largest absolute Gasteiger partial charge is 0.598 e. The predicted octanol–water partition coefficient (Wildman–Crippen LogP) is 4.62. The Kier molecular flexibility index (Phi) is 5.51. The van der Waals surface area contributed by atoms with E-state index >= 15 is 0 Å². The molecule has 4 rings (SSSR count). The van der Waals surface area contributed by atoms with E-state index in [1.54, 1.807) is 12.1 Å². The van der Waals surface area contributed by atoms with Crippen molar-refractivity contribution in [3.05, 3.63) is 65.4 Å². The maximum absolute atomic E-state index is 13.7. The average molecular weight is 445 g/mol. The van der Waals surface area contributed by atoms with Crippen LogP contribution in [-0.4, -0.2) is 21.7 Å². The zero-order valence-corrected chi connectivity index (χ0v) is 19.4. The minimum atomic E-state index is -3.75. The highest BCUT2D eigenvalue weighted by molar-refractivity contribution is 7.91. The minimum Gasteiger partial charge on any atom is -0.598 e. The highest BCUT2D eigenvalue weighted by Gasteiger charge is 2.36. The van der Waals surface area contributed by atoms with Crippen LogP contribution in [0.4, 0.5) is 0 Å². The number of aryl methyl sites for hydroxylation is 1. The fourth-order valence-corrected chi connectivity index (χ4v) is 6.48. The first-order valence-electron chi connectivity index (χ1n) is 10.2. The molecule has 1 aromatic heterocycles. The van der Waals surface area contributed by atoms with Crippen molar-refractivity contribution >= 4 is 32.3 Å². The Morgan fingerprint density at radius 3 is 2.43 bits per heavy atom. The van der Waals surface area contributed by atoms with Gasteiger partial charge in [0.25, 0.3) is 10.0 Å². The molecule has 0 saturated heterocycles. The second-order valence-electron chi connectivity index (χ2n) is 8.90. The van der Waals surface area contributed by atoms with Crippen molar-refractivity contribution in [3.8, 4) is 0 Å². The van der Waals surface area contributed by atoms with Crippen LogP contribution in [-0.2, 0) is 27.8 Å². The lowest BCUT2D eigenvalue weighted by Crippen LogP contribution is -2.42. The minimum absolute atomic E-state index is 0.145. The molecule has 3 aromatic rings. The lowest BCUT2D eigenvalue weighted by atomic mass is 9.91. The molecule has 2 atom stereocenters. The molecule has 1 aliphatic rings. The number of hydrogen-bond acceptors (Lipinski definition) is 4. The average Bonchev–Trinajstić information content (AvgIpc) is 3.03. The number of nitrogens with one attached hydrogen (secondary N) is 1. The lowest BCUT2D eigenvalue weighted by molar-refractivity contribution is 0.488. The van der Waals surface area contributed by atoms with Crippen molar-refractivity contribution in [3.63, 3.8) is 0 Å². The van der Waals surface area contributed by atoms with Gasteiger partial charge in [-0.15, -0.1) is 4.72 Å². The molecule has 0 amide bonds. The Hall–Kier alpha value is -1.80. The van der Waals surface area contributed by atoms with Crippen LogP contribution < -0.4 is 4.72 Å². The van der Waals surface area contributed by atoms with E-state index in [1.807, 2.05) is 64.1 Å². The summed E-state index contributed by atoms with van der Waals surface area (Å²) in [7, 11) is -3.75. The SMILES string of the molecule is Cc1ccc(S(=O)(=O)n2c3c(c4ccccc42)[C@@H](N[S@+]([O-])C(C)(C)C)CCC3)cc1. The van der Waals surface area contributed by atoms with E-state index in [9.17, 15) is 13.0 Å². The lowest BCUT2D eigenvalue weighted by Gasteiger charge is -2.30. The summed E-state index contributed by atoms with van der Waals surface area (Å²) in [5.41, 5.74) is 3.46. The van der Waals surface area contributed by atoms with E-state index in [0.717, 1.165) is 35.0 Å². The van der Waals surface area contributed by atoms with Gasteiger partial charge in [0.1, 0.15) is 4.75 Å². The van der Waals surface area contributed by atoms with Gasteiger partial charge in [0.2, 0.25) is 0 Å². The van der Waals surface area contributed by atoms with Crippen LogP contribution >= 0.6 is 0 Å². The van der Waals surface area contributed by atoms with E-state index in [2.05, 4.69) is 4.72 Å². The highest BCUT2D eigenvalue weighted by Crippen LogP contribution is 2.40. The molecule has 2 aromatic carbocycles. The maximum Gasteiger partial charge on any atom is 0.268 e. The van der Waals surface area contributed by atoms with Crippen LogP contribution in [0.2, 0.25) is 0 Å². The molecule has 0 aliphatic heterocycles. The summed E-state index contributed by atoms with van der Waals surface area (Å²) in [5, 5.41) is 0.909. The summed E-state index contributed by atoms with van der Waals surface area (Å²) in [6, 6.07) is 14.4. The number of nitrogens with zero attached hydrogens (tertiary/aromatic N) is 1. The third kappa shape index (κ3) is 3.68. The normalized spacial score (nSPS) is 18.4. The molecule has 0 unspecified atom stereocenters. The van der Waals surface area contributed by atoms with E-state index in [0.29, 0.717) is 11.9 Å². The van der Waals surface area contributed by atoms with E-state index in [1.165, 1.54) is 3.97 Å². The van der Waals surface area contributed by atoms with E-state index < -0.39 is 26.1 Å². The molecule has 0 saturated carbocycles. The van der Waals surface area contributed by atoms with Gasteiger partial charge in [0.15, 0.2) is 0 Å². The monoisotopic (exact) mass is 444 g/mol. The molecular formula is C23H28N2O3S2. The summed E-state index contributed by atoms with van der Waals surface area (Å²) in [5.74, 6) is 0. The number of para-hydroxylation sites is 1. The van der Waals surface area contributed by atoms with Gasteiger partial charge in [-0.2, -0.15) is 0 Å². The quantitative estimate of drug-likeness (QED) is 0.596. The Labute approximate surface area is 181 Å². The van der Waals surface area contributed by atoms with Crippen LogP contribution in [0.3, 0.4) is 0 Å². The van der Waals surface area contributed by atoms with Crippen LogP contribution in [0.25, 0.3) is 10.9 Å². The highest BCUT2D eigenvalue weighted by atomic mass is 32.2. The zero-order valence-electron chi connectivity index (χ0n) is 17.8. The van der Waals surface area contributed by atoms with E-state index in [-0.39, 0.29) is 10.9 Å². The predicted molar refractivity (Wildman–Crippen MR) is 122 cm³/mol. The summed E-state index contributed by atoms with van der Waals surface area (Å²) in [6.07, 6.45) is 2.34. The molecule has 0 spiro atoms. The van der Waals surface area contributed by atoms with Crippen molar-refractivity contribution in [1.29, 1.82) is 0 Å². The van der Waals surface area contributed by atoms with Gasteiger partial charge in [-0.25, -0.2) is 12.4 Å². The molecule has 160 valence electrons. The van der Waals surface area contributed by atoms with E-state index in [4.69, 9.17) is 0 Å². The van der Waals surface area contributed by atoms with Crippen LogP contribution in [0.1, 0.15) is 56.5 Å². The molecule has 30 heavy (non-hydrogen) atoms. The molecule has 1 aliphatic carbocycles. The first-order valence-corrected chi connectivity index (χ1v) is 12.8. The maximum atomic E-state index is 13.7. The summed E-state index contributed by atoms with van der Waals surface area (Å²) >= 11 is -1.24. The fourth-order valence-electron chi connectivity index (χ4n) is 4.05. The molecule has 0 bridgehead atoms. The second-order valence-corrected chi connectivity index (χ2v) is 12.7. The summed E-state index contributed by atoms with van der Waals surface area (Å²) in [6.45, 7) is 7.75. The third-order valence-electron chi connectivity index (χ3n) is 5.59. The topological polar surface area (TPSA) is 74.2 Å². The van der Waals surface area contributed by atoms with Gasteiger partial charge in [0, 0.05) is 28.0 Å². The Morgan fingerprint density at radius 1 is 1.10 bits per heavy atom. The number of fused-ring (bicyclic) bond motifs is 3. The van der Waals surface area contributed by atoms with Crippen LogP contribution in [0.5, 0.6) is 0 Å². The molecule has 0 radical (unpaired) electrons. The van der Waals surface area contributed by atoms with Gasteiger partial charge < -0.3 is 4.55 Å². The molecule has 5 nitrogen and oxygen atoms in total. The molecule has 0 fully saturated rings. The first-order chi connectivity index (χ1) is 14.1. The third-order valence-corrected chi connectivity index (χ3v) is 8.97. The van der Waals surface area contributed by atoms with Crippen LogP contribution in [0, 0.1) is 6.92 Å². The van der Waals surface area contributed by atoms with Crippen LogP contribution in [0.15, 0.2) is 53.4 Å². The molecular weight excluding hydrogens is 416 g/mol. The summed E-state index contributed by atoms with van der Waals surface area (Å²) < 4.78 is 44.5. The van der Waals surface area contributed by atoms with Crippen molar-refractivity contribution in [2.45, 2.75) is 62.6 Å². The second kappa shape index (κ2) is 7.71. The Balaban J connectivity index is 1.91. The van der Waals surface area contributed by atoms with Gasteiger partial charge in [-0.1, -0.05) is 35.9 Å². The van der Waals surface area contributed by atoms with Crippen molar-refractivity contribution in [2.75, 3.05) is 0 Å². The smallest absolute Gasteiger partial charge is 0.268 e. The fraction of sp³-hybridized carbons (Fsp3) is 0.391. The van der Waals surface area contributed by atoms with Gasteiger partial charge >= 0.3 is 0 Å². The van der Waals surface area contributed by atoms with Crippen molar-refractivity contribution in [1.82, 2.24) is 8.69 Å².